The minimum Gasteiger partial charge on any atom is -0.508 e. The SMILES string of the molecule is CCN(CC)C(=O)Cc1ccc(-c2cc3ncnc(Nc4cccc(O)c4)c3s2)cc1. The zero-order valence-electron chi connectivity index (χ0n) is 17.5. The van der Waals surface area contributed by atoms with Gasteiger partial charge in [-0.15, -0.1) is 11.3 Å². The second kappa shape index (κ2) is 9.14. The predicted molar refractivity (Wildman–Crippen MR) is 126 cm³/mol. The number of hydrogen-bond donors (Lipinski definition) is 2. The number of anilines is 2. The summed E-state index contributed by atoms with van der Waals surface area (Å²) in [5.41, 5.74) is 3.70. The lowest BCUT2D eigenvalue weighted by atomic mass is 10.1. The summed E-state index contributed by atoms with van der Waals surface area (Å²) in [4.78, 5) is 24.1. The highest BCUT2D eigenvalue weighted by Crippen LogP contribution is 2.36. The number of nitrogens with one attached hydrogen (secondary N) is 1. The van der Waals surface area contributed by atoms with Crippen molar-refractivity contribution >= 4 is 39.0 Å². The van der Waals surface area contributed by atoms with Crippen molar-refractivity contribution < 1.29 is 9.90 Å². The molecule has 1 amide bonds. The van der Waals surface area contributed by atoms with Gasteiger partial charge in [0, 0.05) is 29.7 Å². The van der Waals surface area contributed by atoms with E-state index in [1.54, 1.807) is 29.5 Å². The molecule has 0 fully saturated rings. The third-order valence-electron chi connectivity index (χ3n) is 5.13. The number of hydrogen-bond acceptors (Lipinski definition) is 6. The first-order valence-corrected chi connectivity index (χ1v) is 11.1. The molecular formula is C24H24N4O2S. The third kappa shape index (κ3) is 4.67. The number of rotatable bonds is 7. The minimum absolute atomic E-state index is 0.151. The van der Waals surface area contributed by atoms with Crippen LogP contribution in [0.2, 0.25) is 0 Å². The molecule has 6 nitrogen and oxygen atoms in total. The Morgan fingerprint density at radius 2 is 1.84 bits per heavy atom. The van der Waals surface area contributed by atoms with E-state index in [0.29, 0.717) is 12.2 Å². The van der Waals surface area contributed by atoms with Crippen LogP contribution in [0.4, 0.5) is 11.5 Å². The smallest absolute Gasteiger partial charge is 0.226 e. The van der Waals surface area contributed by atoms with Crippen LogP contribution in [0.25, 0.3) is 20.7 Å². The lowest BCUT2D eigenvalue weighted by Crippen LogP contribution is -2.31. The fourth-order valence-corrected chi connectivity index (χ4v) is 4.52. The Hall–Kier alpha value is -3.45. The summed E-state index contributed by atoms with van der Waals surface area (Å²) in [7, 11) is 0. The van der Waals surface area contributed by atoms with Gasteiger partial charge in [0.25, 0.3) is 0 Å². The van der Waals surface area contributed by atoms with E-state index in [1.165, 1.54) is 6.33 Å². The molecule has 31 heavy (non-hydrogen) atoms. The predicted octanol–water partition coefficient (Wildman–Crippen LogP) is 5.22. The molecule has 2 aromatic carbocycles. The van der Waals surface area contributed by atoms with Crippen molar-refractivity contribution in [1.82, 2.24) is 14.9 Å². The molecule has 0 aliphatic heterocycles. The van der Waals surface area contributed by atoms with E-state index in [-0.39, 0.29) is 11.7 Å². The van der Waals surface area contributed by atoms with Crippen molar-refractivity contribution in [3.8, 4) is 16.2 Å². The average Bonchev–Trinajstić information content (AvgIpc) is 3.21. The largest absolute Gasteiger partial charge is 0.508 e. The first kappa shape index (κ1) is 20.8. The van der Waals surface area contributed by atoms with E-state index in [9.17, 15) is 9.90 Å². The second-order valence-electron chi connectivity index (χ2n) is 7.16. The van der Waals surface area contributed by atoms with Crippen molar-refractivity contribution in [2.75, 3.05) is 18.4 Å². The van der Waals surface area contributed by atoms with E-state index >= 15 is 0 Å². The van der Waals surface area contributed by atoms with Crippen LogP contribution in [-0.4, -0.2) is 39.0 Å². The monoisotopic (exact) mass is 432 g/mol. The lowest BCUT2D eigenvalue weighted by molar-refractivity contribution is -0.130. The van der Waals surface area contributed by atoms with Crippen molar-refractivity contribution in [3.63, 3.8) is 0 Å². The highest BCUT2D eigenvalue weighted by molar-refractivity contribution is 7.22. The maximum Gasteiger partial charge on any atom is 0.226 e. The summed E-state index contributed by atoms with van der Waals surface area (Å²) in [6, 6.07) is 17.1. The molecule has 4 aromatic rings. The summed E-state index contributed by atoms with van der Waals surface area (Å²) >= 11 is 1.61. The van der Waals surface area contributed by atoms with Crippen molar-refractivity contribution in [3.05, 3.63) is 66.5 Å². The van der Waals surface area contributed by atoms with E-state index in [2.05, 4.69) is 15.3 Å². The Morgan fingerprint density at radius 1 is 1.06 bits per heavy atom. The molecule has 0 aliphatic rings. The number of likely N-dealkylation sites (N-methyl/N-ethyl adjacent to an activating group) is 1. The molecule has 2 N–H and O–H groups in total. The van der Waals surface area contributed by atoms with Gasteiger partial charge in [-0.1, -0.05) is 30.3 Å². The Bertz CT molecular complexity index is 1200. The standard InChI is InChI=1S/C24H24N4O2S/c1-3-28(4-2)22(30)12-16-8-10-17(11-9-16)21-14-20-23(31-21)24(26-15-25-20)27-18-6-5-7-19(29)13-18/h5-11,13-15,29H,3-4,12H2,1-2H3,(H,25,26,27). The summed E-state index contributed by atoms with van der Waals surface area (Å²) in [5.74, 6) is 1.05. The summed E-state index contributed by atoms with van der Waals surface area (Å²) in [6.07, 6.45) is 1.95. The number of carbonyl (C=O) groups is 1. The van der Waals surface area contributed by atoms with Crippen molar-refractivity contribution in [1.29, 1.82) is 0 Å². The van der Waals surface area contributed by atoms with Gasteiger partial charge in [0.15, 0.2) is 5.82 Å². The normalized spacial score (nSPS) is 10.9. The Labute approximate surface area is 185 Å². The summed E-state index contributed by atoms with van der Waals surface area (Å²) in [5, 5.41) is 13.0. The number of phenols is 1. The quantitative estimate of drug-likeness (QED) is 0.419. The Morgan fingerprint density at radius 3 is 2.55 bits per heavy atom. The van der Waals surface area contributed by atoms with Gasteiger partial charge in [-0.3, -0.25) is 4.79 Å². The number of fused-ring (bicyclic) bond motifs is 1. The molecule has 0 radical (unpaired) electrons. The number of nitrogens with zero attached hydrogens (tertiary/aromatic N) is 3. The molecule has 0 bridgehead atoms. The summed E-state index contributed by atoms with van der Waals surface area (Å²) < 4.78 is 0.946. The molecule has 0 spiro atoms. The van der Waals surface area contributed by atoms with Gasteiger partial charge >= 0.3 is 0 Å². The molecule has 2 aromatic heterocycles. The Kier molecular flexibility index (Phi) is 6.13. The number of aromatic hydroxyl groups is 1. The number of aromatic nitrogens is 2. The molecule has 4 rings (SSSR count). The highest BCUT2D eigenvalue weighted by Gasteiger charge is 2.13. The van der Waals surface area contributed by atoms with Crippen molar-refractivity contribution in [2.24, 2.45) is 0 Å². The number of phenolic OH excluding ortho intramolecular Hbond substituents is 1. The fraction of sp³-hybridized carbons (Fsp3) is 0.208. The van der Waals surface area contributed by atoms with Crippen LogP contribution in [-0.2, 0) is 11.2 Å². The van der Waals surface area contributed by atoms with Crippen LogP contribution in [0.5, 0.6) is 5.75 Å². The number of thiophene rings is 1. The molecule has 7 heteroatoms. The average molecular weight is 433 g/mol. The van der Waals surface area contributed by atoms with Gasteiger partial charge in [-0.25, -0.2) is 9.97 Å². The van der Waals surface area contributed by atoms with Gasteiger partial charge in [0.05, 0.1) is 16.6 Å². The van der Waals surface area contributed by atoms with Crippen LogP contribution in [0, 0.1) is 0 Å². The zero-order chi connectivity index (χ0) is 21.8. The van der Waals surface area contributed by atoms with Gasteiger partial charge in [-0.05, 0) is 43.2 Å². The van der Waals surface area contributed by atoms with Gasteiger partial charge in [0.2, 0.25) is 5.91 Å². The Balaban J connectivity index is 1.57. The number of carbonyl (C=O) groups excluding carboxylic acids is 1. The van der Waals surface area contributed by atoms with Crippen LogP contribution >= 0.6 is 11.3 Å². The van der Waals surface area contributed by atoms with Crippen LogP contribution < -0.4 is 5.32 Å². The van der Waals surface area contributed by atoms with Gasteiger partial charge in [0.1, 0.15) is 12.1 Å². The zero-order valence-corrected chi connectivity index (χ0v) is 18.3. The molecule has 0 unspecified atom stereocenters. The van der Waals surface area contributed by atoms with Crippen LogP contribution in [0.15, 0.2) is 60.9 Å². The van der Waals surface area contributed by atoms with Crippen LogP contribution in [0.3, 0.4) is 0 Å². The summed E-state index contributed by atoms with van der Waals surface area (Å²) in [6.45, 7) is 5.46. The maximum atomic E-state index is 12.3. The van der Waals surface area contributed by atoms with E-state index < -0.39 is 0 Å². The van der Waals surface area contributed by atoms with E-state index in [0.717, 1.165) is 45.0 Å². The number of amides is 1. The second-order valence-corrected chi connectivity index (χ2v) is 8.21. The fourth-order valence-electron chi connectivity index (χ4n) is 3.46. The van der Waals surface area contributed by atoms with Crippen LogP contribution in [0.1, 0.15) is 19.4 Å². The molecule has 158 valence electrons. The maximum absolute atomic E-state index is 12.3. The molecule has 0 atom stereocenters. The van der Waals surface area contributed by atoms with E-state index in [4.69, 9.17) is 0 Å². The highest BCUT2D eigenvalue weighted by atomic mass is 32.1. The molecule has 0 saturated heterocycles. The lowest BCUT2D eigenvalue weighted by Gasteiger charge is -2.18. The van der Waals surface area contributed by atoms with Gasteiger partial charge in [-0.2, -0.15) is 0 Å². The third-order valence-corrected chi connectivity index (χ3v) is 6.31. The molecular weight excluding hydrogens is 408 g/mol. The first-order chi connectivity index (χ1) is 15.1. The molecule has 0 aliphatic carbocycles. The van der Waals surface area contributed by atoms with Gasteiger partial charge < -0.3 is 15.3 Å². The molecule has 2 heterocycles. The van der Waals surface area contributed by atoms with E-state index in [1.807, 2.05) is 55.1 Å². The molecule has 0 saturated carbocycles. The number of benzene rings is 2. The van der Waals surface area contributed by atoms with Crippen molar-refractivity contribution in [2.45, 2.75) is 20.3 Å². The topological polar surface area (TPSA) is 78.4 Å². The minimum atomic E-state index is 0.151. The first-order valence-electron chi connectivity index (χ1n) is 10.2.